The van der Waals surface area contributed by atoms with Crippen LogP contribution in [-0.4, -0.2) is 26.6 Å². The maximum Gasteiger partial charge on any atom is 0.221 e. The third-order valence-corrected chi connectivity index (χ3v) is 2.71. The molecule has 0 radical (unpaired) electrons. The van der Waals surface area contributed by atoms with Crippen LogP contribution in [0.15, 0.2) is 18.2 Å². The van der Waals surface area contributed by atoms with Crippen molar-refractivity contribution in [3.05, 3.63) is 28.8 Å². The fourth-order valence-electron chi connectivity index (χ4n) is 1.42. The van der Waals surface area contributed by atoms with Crippen molar-refractivity contribution in [2.45, 2.75) is 13.0 Å². The van der Waals surface area contributed by atoms with E-state index in [1.807, 2.05) is 19.2 Å². The number of ether oxygens (including phenoxy) is 1. The first-order chi connectivity index (χ1) is 8.19. The van der Waals surface area contributed by atoms with Crippen molar-refractivity contribution >= 4 is 17.5 Å². The van der Waals surface area contributed by atoms with Crippen molar-refractivity contribution < 1.29 is 9.53 Å². The van der Waals surface area contributed by atoms with Crippen LogP contribution in [0.3, 0.4) is 0 Å². The van der Waals surface area contributed by atoms with Gasteiger partial charge in [0.25, 0.3) is 0 Å². The first kappa shape index (κ1) is 13.8. The molecule has 0 fully saturated rings. The van der Waals surface area contributed by atoms with Gasteiger partial charge in [0.05, 0.1) is 7.11 Å². The molecule has 0 heterocycles. The number of methoxy groups -OCH3 is 1. The van der Waals surface area contributed by atoms with Crippen LogP contribution in [0.25, 0.3) is 0 Å². The van der Waals surface area contributed by atoms with Crippen LogP contribution in [-0.2, 0) is 11.3 Å². The van der Waals surface area contributed by atoms with Crippen molar-refractivity contribution in [3.63, 3.8) is 0 Å². The minimum absolute atomic E-state index is 0.0127. The molecule has 0 aliphatic heterocycles. The highest BCUT2D eigenvalue weighted by Gasteiger charge is 2.08. The Bertz CT molecular complexity index is 383. The zero-order valence-electron chi connectivity index (χ0n) is 10.0. The highest BCUT2D eigenvalue weighted by Crippen LogP contribution is 2.25. The number of hydrogen-bond acceptors (Lipinski definition) is 3. The molecule has 1 rings (SSSR count). The van der Waals surface area contributed by atoms with Crippen LogP contribution < -0.4 is 15.4 Å². The van der Waals surface area contributed by atoms with E-state index in [0.29, 0.717) is 30.3 Å². The summed E-state index contributed by atoms with van der Waals surface area (Å²) in [6.07, 6.45) is 0.448. The summed E-state index contributed by atoms with van der Waals surface area (Å²) in [4.78, 5) is 11.5. The molecular formula is C12H17ClN2O2. The number of rotatable bonds is 6. The number of nitrogens with one attached hydrogen (secondary N) is 2. The molecule has 0 unspecified atom stereocenters. The summed E-state index contributed by atoms with van der Waals surface area (Å²) in [6.45, 7) is 1.04. The summed E-state index contributed by atoms with van der Waals surface area (Å²) in [7, 11) is 3.39. The van der Waals surface area contributed by atoms with E-state index in [1.54, 1.807) is 13.2 Å². The molecule has 17 heavy (non-hydrogen) atoms. The zero-order valence-corrected chi connectivity index (χ0v) is 10.8. The lowest BCUT2D eigenvalue weighted by atomic mass is 10.2. The standard InChI is InChI=1S/C12H17ClN2O2/c1-14-7-6-12(16)15-8-9-10(13)4-3-5-11(9)17-2/h3-5,14H,6-8H2,1-2H3,(H,15,16). The Kier molecular flexibility index (Phi) is 5.80. The monoisotopic (exact) mass is 256 g/mol. The first-order valence-electron chi connectivity index (χ1n) is 5.41. The van der Waals surface area contributed by atoms with Gasteiger partial charge in [-0.15, -0.1) is 0 Å². The van der Waals surface area contributed by atoms with Gasteiger partial charge in [0, 0.05) is 30.1 Å². The molecule has 5 heteroatoms. The molecule has 0 bridgehead atoms. The quantitative estimate of drug-likeness (QED) is 0.813. The lowest BCUT2D eigenvalue weighted by molar-refractivity contribution is -0.121. The van der Waals surface area contributed by atoms with E-state index in [2.05, 4.69) is 10.6 Å². The fourth-order valence-corrected chi connectivity index (χ4v) is 1.65. The predicted octanol–water partition coefficient (Wildman–Crippen LogP) is 1.57. The smallest absolute Gasteiger partial charge is 0.221 e. The minimum Gasteiger partial charge on any atom is -0.496 e. The van der Waals surface area contributed by atoms with Crippen LogP contribution >= 0.6 is 11.6 Å². The van der Waals surface area contributed by atoms with Crippen LogP contribution in [0.2, 0.25) is 5.02 Å². The van der Waals surface area contributed by atoms with Crippen LogP contribution in [0.5, 0.6) is 5.75 Å². The second-order valence-electron chi connectivity index (χ2n) is 3.55. The van der Waals surface area contributed by atoms with Gasteiger partial charge in [-0.3, -0.25) is 4.79 Å². The maximum absolute atomic E-state index is 11.5. The number of carbonyl (C=O) groups is 1. The topological polar surface area (TPSA) is 50.4 Å². The van der Waals surface area contributed by atoms with Gasteiger partial charge in [0.1, 0.15) is 5.75 Å². The average Bonchev–Trinajstić information content (AvgIpc) is 2.34. The molecule has 1 aromatic rings. The Morgan fingerprint density at radius 2 is 2.24 bits per heavy atom. The Morgan fingerprint density at radius 1 is 1.47 bits per heavy atom. The molecule has 0 atom stereocenters. The molecule has 1 amide bonds. The van der Waals surface area contributed by atoms with Crippen LogP contribution in [0.1, 0.15) is 12.0 Å². The van der Waals surface area contributed by atoms with Crippen molar-refractivity contribution in [2.75, 3.05) is 20.7 Å². The fraction of sp³-hybridized carbons (Fsp3) is 0.417. The van der Waals surface area contributed by atoms with Gasteiger partial charge in [-0.2, -0.15) is 0 Å². The largest absolute Gasteiger partial charge is 0.496 e. The van der Waals surface area contributed by atoms with Crippen LogP contribution in [0.4, 0.5) is 0 Å². The predicted molar refractivity (Wildman–Crippen MR) is 68.4 cm³/mol. The maximum atomic E-state index is 11.5. The van der Waals surface area contributed by atoms with Gasteiger partial charge in [-0.05, 0) is 19.2 Å². The zero-order chi connectivity index (χ0) is 12.7. The Hall–Kier alpha value is -1.26. The van der Waals surface area contributed by atoms with E-state index >= 15 is 0 Å². The van der Waals surface area contributed by atoms with Gasteiger partial charge in [0.15, 0.2) is 0 Å². The van der Waals surface area contributed by atoms with Gasteiger partial charge < -0.3 is 15.4 Å². The lowest BCUT2D eigenvalue weighted by Crippen LogP contribution is -2.26. The third kappa shape index (κ3) is 4.24. The number of amides is 1. The number of hydrogen-bond donors (Lipinski definition) is 2. The second-order valence-corrected chi connectivity index (χ2v) is 3.96. The van der Waals surface area contributed by atoms with E-state index in [0.717, 1.165) is 5.56 Å². The summed E-state index contributed by atoms with van der Waals surface area (Å²) in [5, 5.41) is 6.32. The summed E-state index contributed by atoms with van der Waals surface area (Å²) >= 11 is 6.05. The van der Waals surface area contributed by atoms with Gasteiger partial charge in [-0.25, -0.2) is 0 Å². The number of halogens is 1. The second kappa shape index (κ2) is 7.14. The number of benzene rings is 1. The van der Waals surface area contributed by atoms with Crippen molar-refractivity contribution in [1.29, 1.82) is 0 Å². The minimum atomic E-state index is -0.0127. The molecule has 4 nitrogen and oxygen atoms in total. The SMILES string of the molecule is CNCCC(=O)NCc1c(Cl)cccc1OC. The van der Waals surface area contributed by atoms with E-state index < -0.39 is 0 Å². The van der Waals surface area contributed by atoms with E-state index in [9.17, 15) is 4.79 Å². The summed E-state index contributed by atoms with van der Waals surface area (Å²) < 4.78 is 5.19. The summed E-state index contributed by atoms with van der Waals surface area (Å²) in [5.74, 6) is 0.674. The van der Waals surface area contributed by atoms with Gasteiger partial charge in [-0.1, -0.05) is 17.7 Å². The van der Waals surface area contributed by atoms with Gasteiger partial charge >= 0.3 is 0 Å². The van der Waals surface area contributed by atoms with Crippen LogP contribution in [0, 0.1) is 0 Å². The molecule has 0 aromatic heterocycles. The molecule has 0 saturated carbocycles. The van der Waals surface area contributed by atoms with Crippen molar-refractivity contribution in [1.82, 2.24) is 10.6 Å². The molecule has 0 saturated heterocycles. The lowest BCUT2D eigenvalue weighted by Gasteiger charge is -2.11. The van der Waals surface area contributed by atoms with Crippen molar-refractivity contribution in [3.8, 4) is 5.75 Å². The molecule has 2 N–H and O–H groups in total. The highest BCUT2D eigenvalue weighted by molar-refractivity contribution is 6.31. The summed E-state index contributed by atoms with van der Waals surface area (Å²) in [5.41, 5.74) is 0.800. The molecule has 0 aliphatic carbocycles. The van der Waals surface area contributed by atoms with E-state index in [-0.39, 0.29) is 5.91 Å². The van der Waals surface area contributed by atoms with E-state index in [4.69, 9.17) is 16.3 Å². The van der Waals surface area contributed by atoms with Gasteiger partial charge in [0.2, 0.25) is 5.91 Å². The highest BCUT2D eigenvalue weighted by atomic mass is 35.5. The first-order valence-corrected chi connectivity index (χ1v) is 5.79. The molecule has 0 spiro atoms. The number of carbonyl (C=O) groups excluding carboxylic acids is 1. The third-order valence-electron chi connectivity index (χ3n) is 2.36. The summed E-state index contributed by atoms with van der Waals surface area (Å²) in [6, 6.07) is 5.41. The Labute approximate surface area is 106 Å². The average molecular weight is 257 g/mol. The van der Waals surface area contributed by atoms with Crippen molar-refractivity contribution in [2.24, 2.45) is 0 Å². The Balaban J connectivity index is 2.59. The Morgan fingerprint density at radius 3 is 2.88 bits per heavy atom. The molecule has 94 valence electrons. The molecule has 0 aliphatic rings. The molecule has 1 aromatic carbocycles. The molecular weight excluding hydrogens is 240 g/mol. The van der Waals surface area contributed by atoms with E-state index in [1.165, 1.54) is 0 Å². The normalized spacial score (nSPS) is 10.1.